The van der Waals surface area contributed by atoms with Gasteiger partial charge in [0.15, 0.2) is 5.79 Å². The molecule has 0 spiro atoms. The van der Waals surface area contributed by atoms with Crippen molar-refractivity contribution in [1.82, 2.24) is 0 Å². The Balaban J connectivity index is 2.29. The van der Waals surface area contributed by atoms with Gasteiger partial charge >= 0.3 is 0 Å². The molecule has 3 heteroatoms. The predicted molar refractivity (Wildman–Crippen MR) is 78.5 cm³/mol. The van der Waals surface area contributed by atoms with E-state index >= 15 is 0 Å². The van der Waals surface area contributed by atoms with E-state index in [0.29, 0.717) is 10.6 Å². The number of hydrogen-bond donors (Lipinski definition) is 0. The lowest BCUT2D eigenvalue weighted by molar-refractivity contribution is -0.145. The van der Waals surface area contributed by atoms with E-state index in [-0.39, 0.29) is 12.2 Å². The van der Waals surface area contributed by atoms with Gasteiger partial charge in [-0.2, -0.15) is 0 Å². The molecule has 2 rings (SSSR count). The Labute approximate surface area is 113 Å². The molecule has 2 aliphatic rings. The van der Waals surface area contributed by atoms with Crippen LogP contribution >= 0.6 is 0 Å². The largest absolute Gasteiger partial charge is 0.344 e. The summed E-state index contributed by atoms with van der Waals surface area (Å²) in [5.74, 6) is -0.415. The molecule has 18 heavy (non-hydrogen) atoms. The number of fused-ring (bicyclic) bond motifs is 1. The highest BCUT2D eigenvalue weighted by Gasteiger charge is 2.53. The van der Waals surface area contributed by atoms with Crippen molar-refractivity contribution in [2.45, 2.75) is 82.7 Å². The van der Waals surface area contributed by atoms with Gasteiger partial charge in [0.1, 0.15) is 0 Å². The van der Waals surface area contributed by atoms with Crippen LogP contribution in [-0.4, -0.2) is 26.1 Å². The molecule has 0 amide bonds. The van der Waals surface area contributed by atoms with Gasteiger partial charge in [-0.1, -0.05) is 46.0 Å². The fourth-order valence-electron chi connectivity index (χ4n) is 2.97. The van der Waals surface area contributed by atoms with Gasteiger partial charge < -0.3 is 9.47 Å². The van der Waals surface area contributed by atoms with Gasteiger partial charge in [0.2, 0.25) is 0 Å². The summed E-state index contributed by atoms with van der Waals surface area (Å²) < 4.78 is 12.2. The first-order valence-electron chi connectivity index (χ1n) is 7.07. The first kappa shape index (κ1) is 14.3. The number of rotatable bonds is 1. The van der Waals surface area contributed by atoms with E-state index in [4.69, 9.17) is 9.47 Å². The molecule has 0 aromatic heterocycles. The van der Waals surface area contributed by atoms with E-state index in [9.17, 15) is 0 Å². The van der Waals surface area contributed by atoms with Crippen molar-refractivity contribution in [3.8, 4) is 0 Å². The molecule has 1 saturated heterocycles. The zero-order valence-corrected chi connectivity index (χ0v) is 13.9. The topological polar surface area (TPSA) is 18.5 Å². The van der Waals surface area contributed by atoms with Gasteiger partial charge in [0, 0.05) is 5.54 Å². The van der Waals surface area contributed by atoms with E-state index in [1.54, 1.807) is 0 Å². The lowest BCUT2D eigenvalue weighted by Crippen LogP contribution is -2.49. The van der Waals surface area contributed by atoms with Crippen molar-refractivity contribution in [1.29, 1.82) is 0 Å². The maximum absolute atomic E-state index is 6.21. The first-order valence-corrected chi connectivity index (χ1v) is 10.1. The van der Waals surface area contributed by atoms with Crippen LogP contribution in [-0.2, 0) is 9.47 Å². The second kappa shape index (κ2) is 4.19. The molecular formula is C15H28O2Si. The van der Waals surface area contributed by atoms with Gasteiger partial charge in [-0.05, 0) is 25.3 Å². The SMILES string of the molecule is CC1(C)O[C@H]2[C@H](CC=C[C@@H]2[Si](C)(C)C(C)(C)C)O1. The Bertz CT molecular complexity index is 352. The van der Waals surface area contributed by atoms with Crippen molar-refractivity contribution in [2.24, 2.45) is 0 Å². The molecule has 2 nitrogen and oxygen atoms in total. The van der Waals surface area contributed by atoms with E-state index in [0.717, 1.165) is 6.42 Å². The molecule has 3 atom stereocenters. The molecule has 104 valence electrons. The van der Waals surface area contributed by atoms with Gasteiger partial charge in [-0.3, -0.25) is 0 Å². The third-order valence-electron chi connectivity index (χ3n) is 5.05. The summed E-state index contributed by atoms with van der Waals surface area (Å²) in [6.45, 7) is 16.2. The summed E-state index contributed by atoms with van der Waals surface area (Å²) in [4.78, 5) is 0. The third kappa shape index (κ3) is 2.32. The zero-order valence-electron chi connectivity index (χ0n) is 12.9. The average Bonchev–Trinajstić information content (AvgIpc) is 2.48. The quantitative estimate of drug-likeness (QED) is 0.520. The highest BCUT2D eigenvalue weighted by molar-refractivity contribution is 6.82. The molecule has 0 bridgehead atoms. The Morgan fingerprint density at radius 3 is 2.33 bits per heavy atom. The zero-order chi connectivity index (χ0) is 13.8. The lowest BCUT2D eigenvalue weighted by Gasteiger charge is -2.46. The van der Waals surface area contributed by atoms with Crippen LogP contribution < -0.4 is 0 Å². The molecule has 1 heterocycles. The smallest absolute Gasteiger partial charge is 0.163 e. The predicted octanol–water partition coefficient (Wildman–Crippen LogP) is 4.35. The maximum atomic E-state index is 6.21. The second-order valence-corrected chi connectivity index (χ2v) is 13.4. The molecule has 0 radical (unpaired) electrons. The summed E-state index contributed by atoms with van der Waals surface area (Å²) in [7, 11) is -1.44. The Hall–Kier alpha value is -0.123. The normalized spacial score (nSPS) is 35.6. The standard InChI is InChI=1S/C15H28O2Si/c1-14(2,3)18(6,7)12-10-8-9-11-13(12)17-15(4,5)16-11/h8,10-13H,9H2,1-7H3/t11-,12-,13-/m0/s1. The number of hydrogen-bond acceptors (Lipinski definition) is 2. The molecule has 1 aliphatic carbocycles. The average molecular weight is 268 g/mol. The molecule has 0 N–H and O–H groups in total. The summed E-state index contributed by atoms with van der Waals surface area (Å²) >= 11 is 0. The van der Waals surface area contributed by atoms with Gasteiger partial charge in [-0.25, -0.2) is 0 Å². The van der Waals surface area contributed by atoms with Crippen LogP contribution in [0.15, 0.2) is 12.2 Å². The minimum Gasteiger partial charge on any atom is -0.344 e. The van der Waals surface area contributed by atoms with E-state index in [1.165, 1.54) is 0 Å². The number of ether oxygens (including phenoxy) is 2. The van der Waals surface area contributed by atoms with Crippen LogP contribution in [0.5, 0.6) is 0 Å². The molecule has 0 saturated carbocycles. The third-order valence-corrected chi connectivity index (χ3v) is 11.1. The Kier molecular flexibility index (Phi) is 3.32. The van der Waals surface area contributed by atoms with Crippen molar-refractivity contribution in [3.05, 3.63) is 12.2 Å². The lowest BCUT2D eigenvalue weighted by atomic mass is 10.0. The van der Waals surface area contributed by atoms with Crippen LogP contribution in [0.4, 0.5) is 0 Å². The molecule has 0 unspecified atom stereocenters. The second-order valence-electron chi connectivity index (χ2n) is 7.80. The Morgan fingerprint density at radius 1 is 1.17 bits per heavy atom. The molecular weight excluding hydrogens is 240 g/mol. The monoisotopic (exact) mass is 268 g/mol. The van der Waals surface area contributed by atoms with Crippen molar-refractivity contribution in [3.63, 3.8) is 0 Å². The van der Waals surface area contributed by atoms with Gasteiger partial charge in [0.25, 0.3) is 0 Å². The van der Waals surface area contributed by atoms with Crippen molar-refractivity contribution in [2.75, 3.05) is 0 Å². The van der Waals surface area contributed by atoms with Crippen LogP contribution in [0, 0.1) is 0 Å². The summed E-state index contributed by atoms with van der Waals surface area (Å²) in [6.07, 6.45) is 6.22. The van der Waals surface area contributed by atoms with Crippen LogP contribution in [0.3, 0.4) is 0 Å². The van der Waals surface area contributed by atoms with Crippen molar-refractivity contribution < 1.29 is 9.47 Å². The Morgan fingerprint density at radius 2 is 1.78 bits per heavy atom. The summed E-state index contributed by atoms with van der Waals surface area (Å²) in [5.41, 5.74) is 0.554. The summed E-state index contributed by atoms with van der Waals surface area (Å²) in [6, 6.07) is 0. The molecule has 0 aromatic rings. The highest BCUT2D eigenvalue weighted by Crippen LogP contribution is 2.51. The molecule has 1 fully saturated rings. The van der Waals surface area contributed by atoms with E-state index in [2.05, 4.69) is 46.0 Å². The van der Waals surface area contributed by atoms with Crippen LogP contribution in [0.2, 0.25) is 23.7 Å². The molecule has 1 aliphatic heterocycles. The van der Waals surface area contributed by atoms with Gasteiger partial charge in [-0.15, -0.1) is 0 Å². The van der Waals surface area contributed by atoms with Crippen LogP contribution in [0.25, 0.3) is 0 Å². The fourth-order valence-corrected chi connectivity index (χ4v) is 5.69. The van der Waals surface area contributed by atoms with Gasteiger partial charge in [0.05, 0.1) is 20.3 Å². The first-order chi connectivity index (χ1) is 8.05. The van der Waals surface area contributed by atoms with E-state index < -0.39 is 13.9 Å². The minimum atomic E-state index is -1.44. The minimum absolute atomic E-state index is 0.254. The van der Waals surface area contributed by atoms with Crippen LogP contribution in [0.1, 0.15) is 41.0 Å². The summed E-state index contributed by atoms with van der Waals surface area (Å²) in [5, 5.41) is 0.375. The van der Waals surface area contributed by atoms with Crippen molar-refractivity contribution >= 4 is 8.07 Å². The highest BCUT2D eigenvalue weighted by atomic mass is 28.3. The van der Waals surface area contributed by atoms with E-state index in [1.807, 2.05) is 13.8 Å². The fraction of sp³-hybridized carbons (Fsp3) is 0.867. The molecule has 0 aromatic carbocycles. The maximum Gasteiger partial charge on any atom is 0.163 e.